The first-order valence-corrected chi connectivity index (χ1v) is 6.05. The Hall–Kier alpha value is -0.530. The monoisotopic (exact) mass is 194 g/mol. The van der Waals surface area contributed by atoms with Crippen molar-refractivity contribution < 1.29 is 0 Å². The number of fused-ring (bicyclic) bond motifs is 1. The maximum Gasteiger partial charge on any atom is 0.0986 e. The molecule has 2 nitrogen and oxygen atoms in total. The highest BCUT2D eigenvalue weighted by Crippen LogP contribution is 2.36. The first kappa shape index (κ1) is 10.0. The van der Waals surface area contributed by atoms with Crippen LogP contribution >= 0.6 is 0 Å². The normalized spacial score (nSPS) is 32.1. The van der Waals surface area contributed by atoms with Crippen molar-refractivity contribution in [2.24, 2.45) is 11.8 Å². The highest BCUT2D eigenvalue weighted by atomic mass is 15.2. The van der Waals surface area contributed by atoms with Gasteiger partial charge in [0.05, 0.1) is 5.84 Å². The molecule has 2 aliphatic rings. The third kappa shape index (κ3) is 1.67. The lowest BCUT2D eigenvalue weighted by Gasteiger charge is -2.34. The van der Waals surface area contributed by atoms with E-state index < -0.39 is 0 Å². The van der Waals surface area contributed by atoms with Crippen LogP contribution in [0, 0.1) is 17.2 Å². The van der Waals surface area contributed by atoms with Crippen LogP contribution in [0.15, 0.2) is 0 Å². The van der Waals surface area contributed by atoms with Crippen molar-refractivity contribution in [3.8, 4) is 0 Å². The molecule has 2 heteroatoms. The molecule has 0 aromatic heterocycles. The highest BCUT2D eigenvalue weighted by Gasteiger charge is 2.37. The topological polar surface area (TPSA) is 27.1 Å². The summed E-state index contributed by atoms with van der Waals surface area (Å²) in [6.45, 7) is 5.42. The zero-order valence-electron chi connectivity index (χ0n) is 9.42. The summed E-state index contributed by atoms with van der Waals surface area (Å²) in [7, 11) is 0. The van der Waals surface area contributed by atoms with Gasteiger partial charge >= 0.3 is 0 Å². The van der Waals surface area contributed by atoms with E-state index in [0.29, 0.717) is 5.92 Å². The molecule has 0 radical (unpaired) electrons. The fourth-order valence-corrected chi connectivity index (χ4v) is 3.04. The molecule has 0 unspecified atom stereocenters. The fourth-order valence-electron chi connectivity index (χ4n) is 3.04. The van der Waals surface area contributed by atoms with Gasteiger partial charge in [-0.2, -0.15) is 0 Å². The van der Waals surface area contributed by atoms with E-state index in [0.717, 1.165) is 24.3 Å². The average Bonchev–Trinajstić information content (AvgIpc) is 2.60. The minimum atomic E-state index is 0.399. The van der Waals surface area contributed by atoms with E-state index in [4.69, 9.17) is 5.41 Å². The molecule has 0 amide bonds. The Kier molecular flexibility index (Phi) is 2.80. The number of likely N-dealkylation sites (tertiary alicyclic amines) is 1. The van der Waals surface area contributed by atoms with Crippen LogP contribution in [0.25, 0.3) is 0 Å². The lowest BCUT2D eigenvalue weighted by Crippen LogP contribution is -2.40. The predicted molar refractivity (Wildman–Crippen MR) is 59.6 cm³/mol. The van der Waals surface area contributed by atoms with Crippen molar-refractivity contribution in [3.05, 3.63) is 0 Å². The predicted octanol–water partition coefficient (Wildman–Crippen LogP) is 2.88. The zero-order chi connectivity index (χ0) is 10.1. The molecular weight excluding hydrogens is 172 g/mol. The van der Waals surface area contributed by atoms with Crippen molar-refractivity contribution >= 4 is 5.84 Å². The van der Waals surface area contributed by atoms with E-state index in [9.17, 15) is 0 Å². The zero-order valence-corrected chi connectivity index (χ0v) is 9.42. The van der Waals surface area contributed by atoms with Crippen molar-refractivity contribution in [2.75, 3.05) is 6.54 Å². The molecule has 1 aliphatic carbocycles. The number of nitrogens with zero attached hydrogens (tertiary/aromatic N) is 1. The van der Waals surface area contributed by atoms with Crippen LogP contribution in [-0.4, -0.2) is 23.3 Å². The van der Waals surface area contributed by atoms with Gasteiger partial charge in [-0.05, 0) is 25.2 Å². The van der Waals surface area contributed by atoms with E-state index in [2.05, 4.69) is 18.7 Å². The number of rotatable bonds is 1. The first-order valence-electron chi connectivity index (χ1n) is 6.05. The third-order valence-corrected chi connectivity index (χ3v) is 3.87. The summed E-state index contributed by atoms with van der Waals surface area (Å²) >= 11 is 0. The summed E-state index contributed by atoms with van der Waals surface area (Å²) in [6.07, 6.45) is 6.87. The summed E-state index contributed by atoms with van der Waals surface area (Å²) < 4.78 is 0. The van der Waals surface area contributed by atoms with Crippen LogP contribution < -0.4 is 0 Å². The second-order valence-corrected chi connectivity index (χ2v) is 5.13. The molecule has 2 atom stereocenters. The van der Waals surface area contributed by atoms with Crippen LogP contribution in [0.3, 0.4) is 0 Å². The van der Waals surface area contributed by atoms with Gasteiger partial charge in [0.1, 0.15) is 0 Å². The first-order chi connectivity index (χ1) is 6.70. The van der Waals surface area contributed by atoms with Gasteiger partial charge in [-0.25, -0.2) is 0 Å². The van der Waals surface area contributed by atoms with Crippen molar-refractivity contribution in [2.45, 2.75) is 52.0 Å². The molecule has 80 valence electrons. The molecule has 1 saturated carbocycles. The van der Waals surface area contributed by atoms with Crippen molar-refractivity contribution in [1.29, 1.82) is 5.41 Å². The Balaban J connectivity index is 2.03. The van der Waals surface area contributed by atoms with E-state index in [1.54, 1.807) is 0 Å². The van der Waals surface area contributed by atoms with Crippen LogP contribution in [0.1, 0.15) is 46.0 Å². The average molecular weight is 194 g/mol. The second-order valence-electron chi connectivity index (χ2n) is 5.13. The molecule has 2 fully saturated rings. The summed E-state index contributed by atoms with van der Waals surface area (Å²) in [5, 5.41) is 8.09. The number of hydrogen-bond donors (Lipinski definition) is 1. The molecule has 0 aromatic carbocycles. The highest BCUT2D eigenvalue weighted by molar-refractivity contribution is 5.81. The van der Waals surface area contributed by atoms with Crippen LogP contribution in [0.5, 0.6) is 0 Å². The molecule has 2 rings (SSSR count). The van der Waals surface area contributed by atoms with Gasteiger partial charge < -0.3 is 4.90 Å². The molecular formula is C12H22N2. The molecule has 1 saturated heterocycles. The summed E-state index contributed by atoms with van der Waals surface area (Å²) in [5.41, 5.74) is 0. The molecule has 1 N–H and O–H groups in total. The lowest BCUT2D eigenvalue weighted by molar-refractivity contribution is 0.247. The molecule has 1 aliphatic heterocycles. The third-order valence-electron chi connectivity index (χ3n) is 3.87. The van der Waals surface area contributed by atoms with Crippen molar-refractivity contribution in [3.63, 3.8) is 0 Å². The van der Waals surface area contributed by atoms with Crippen LogP contribution in [0.4, 0.5) is 0 Å². The van der Waals surface area contributed by atoms with Gasteiger partial charge in [-0.15, -0.1) is 0 Å². The minimum Gasteiger partial charge on any atom is -0.357 e. The standard InChI is InChI=1S/C12H22N2/c1-9(2)12(13)14-8-7-10-5-3-4-6-11(10)14/h9-11,13H,3-8H2,1-2H3/t10-,11-/m0/s1. The van der Waals surface area contributed by atoms with Crippen LogP contribution in [-0.2, 0) is 0 Å². The molecule has 1 heterocycles. The Bertz CT molecular complexity index is 222. The molecule has 0 bridgehead atoms. The van der Waals surface area contributed by atoms with Gasteiger partial charge in [0.15, 0.2) is 0 Å². The number of amidine groups is 1. The van der Waals surface area contributed by atoms with Gasteiger partial charge in [-0.1, -0.05) is 26.7 Å². The molecule has 0 aromatic rings. The van der Waals surface area contributed by atoms with E-state index in [1.807, 2.05) is 0 Å². The molecule has 14 heavy (non-hydrogen) atoms. The maximum absolute atomic E-state index is 8.09. The lowest BCUT2D eigenvalue weighted by atomic mass is 9.85. The van der Waals surface area contributed by atoms with Gasteiger partial charge in [0.2, 0.25) is 0 Å². The Morgan fingerprint density at radius 3 is 2.64 bits per heavy atom. The van der Waals surface area contributed by atoms with Crippen LogP contribution in [0.2, 0.25) is 0 Å². The Labute approximate surface area is 87.2 Å². The Morgan fingerprint density at radius 1 is 1.21 bits per heavy atom. The largest absolute Gasteiger partial charge is 0.357 e. The maximum atomic E-state index is 8.09. The second kappa shape index (κ2) is 3.92. The number of nitrogens with one attached hydrogen (secondary N) is 1. The summed E-state index contributed by atoms with van der Waals surface area (Å²) in [6, 6.07) is 0.721. The van der Waals surface area contributed by atoms with Crippen molar-refractivity contribution in [1.82, 2.24) is 4.90 Å². The van der Waals surface area contributed by atoms with E-state index in [-0.39, 0.29) is 0 Å². The quantitative estimate of drug-likeness (QED) is 0.504. The van der Waals surface area contributed by atoms with E-state index in [1.165, 1.54) is 32.1 Å². The Morgan fingerprint density at radius 2 is 1.93 bits per heavy atom. The summed E-state index contributed by atoms with van der Waals surface area (Å²) in [4.78, 5) is 2.38. The minimum absolute atomic E-state index is 0.399. The smallest absolute Gasteiger partial charge is 0.0986 e. The number of hydrogen-bond acceptors (Lipinski definition) is 1. The van der Waals surface area contributed by atoms with Gasteiger partial charge in [0.25, 0.3) is 0 Å². The van der Waals surface area contributed by atoms with E-state index >= 15 is 0 Å². The molecule has 0 spiro atoms. The van der Waals surface area contributed by atoms with Gasteiger partial charge in [0, 0.05) is 18.5 Å². The fraction of sp³-hybridized carbons (Fsp3) is 0.917. The SMILES string of the molecule is CC(C)C(=N)N1CC[C@@H]2CCCC[C@@H]21. The van der Waals surface area contributed by atoms with Gasteiger partial charge in [-0.3, -0.25) is 5.41 Å². The summed E-state index contributed by atoms with van der Waals surface area (Å²) in [5.74, 6) is 2.18.